The fourth-order valence-electron chi connectivity index (χ4n) is 2.24. The Bertz CT molecular complexity index is 388. The van der Waals surface area contributed by atoms with Gasteiger partial charge in [0.1, 0.15) is 5.75 Å². The molecule has 17 heavy (non-hydrogen) atoms. The first-order valence-corrected chi connectivity index (χ1v) is 5.89. The van der Waals surface area contributed by atoms with Crippen LogP contribution < -0.4 is 0 Å². The molecular weight excluding hydrogens is 218 g/mol. The van der Waals surface area contributed by atoms with Gasteiger partial charge in [0, 0.05) is 6.54 Å². The highest BCUT2D eigenvalue weighted by Gasteiger charge is 2.27. The third kappa shape index (κ3) is 2.77. The lowest BCUT2D eigenvalue weighted by Gasteiger charge is -2.23. The summed E-state index contributed by atoms with van der Waals surface area (Å²) in [6.45, 7) is 0.781. The minimum absolute atomic E-state index is 0.0142. The highest BCUT2D eigenvalue weighted by molar-refractivity contribution is 5.79. The van der Waals surface area contributed by atoms with E-state index >= 15 is 0 Å². The van der Waals surface area contributed by atoms with Crippen LogP contribution in [0.3, 0.4) is 0 Å². The average Bonchev–Trinajstić information content (AvgIpc) is 2.80. The molecule has 0 unspecified atom stereocenters. The third-order valence-corrected chi connectivity index (χ3v) is 3.20. The Morgan fingerprint density at radius 2 is 2.06 bits per heavy atom. The summed E-state index contributed by atoms with van der Waals surface area (Å²) in [5.74, 6) is 0.253. The SMILES string of the molecule is O=C(Cc1ccc(O)cc1)N1CCC[C@H]1CO. The molecule has 4 nitrogen and oxygen atoms in total. The Hall–Kier alpha value is -1.55. The Labute approximate surface area is 100 Å². The maximum absolute atomic E-state index is 12.0. The number of likely N-dealkylation sites (tertiary alicyclic amines) is 1. The lowest BCUT2D eigenvalue weighted by molar-refractivity contribution is -0.131. The standard InChI is InChI=1S/C13H17NO3/c15-9-11-2-1-7-14(11)13(17)8-10-3-5-12(16)6-4-10/h3-6,11,15-16H,1-2,7-9H2/t11-/m0/s1. The van der Waals surface area contributed by atoms with Gasteiger partial charge in [0.05, 0.1) is 19.1 Å². The fourth-order valence-corrected chi connectivity index (χ4v) is 2.24. The zero-order valence-electron chi connectivity index (χ0n) is 9.67. The summed E-state index contributed by atoms with van der Waals surface area (Å²) in [7, 11) is 0. The van der Waals surface area contributed by atoms with E-state index < -0.39 is 0 Å². The van der Waals surface area contributed by atoms with Crippen LogP contribution in [0.1, 0.15) is 18.4 Å². The van der Waals surface area contributed by atoms with Crippen LogP contribution in [-0.2, 0) is 11.2 Å². The summed E-state index contributed by atoms with van der Waals surface area (Å²) in [6, 6.07) is 6.64. The number of rotatable bonds is 3. The fraction of sp³-hybridized carbons (Fsp3) is 0.462. The average molecular weight is 235 g/mol. The van der Waals surface area contributed by atoms with Crippen molar-refractivity contribution in [1.82, 2.24) is 4.90 Å². The number of carbonyl (C=O) groups excluding carboxylic acids is 1. The van der Waals surface area contributed by atoms with Gasteiger partial charge < -0.3 is 15.1 Å². The van der Waals surface area contributed by atoms with Gasteiger partial charge >= 0.3 is 0 Å². The molecule has 1 heterocycles. The summed E-state index contributed by atoms with van der Waals surface area (Å²) < 4.78 is 0. The van der Waals surface area contributed by atoms with E-state index in [1.54, 1.807) is 29.2 Å². The van der Waals surface area contributed by atoms with E-state index in [9.17, 15) is 4.79 Å². The molecule has 1 aliphatic heterocycles. The van der Waals surface area contributed by atoms with Gasteiger partial charge in [-0.05, 0) is 30.5 Å². The van der Waals surface area contributed by atoms with Gasteiger partial charge in [-0.1, -0.05) is 12.1 Å². The monoisotopic (exact) mass is 235 g/mol. The number of aliphatic hydroxyl groups is 1. The van der Waals surface area contributed by atoms with Crippen LogP contribution in [0.4, 0.5) is 0 Å². The first-order valence-electron chi connectivity index (χ1n) is 5.89. The van der Waals surface area contributed by atoms with E-state index in [4.69, 9.17) is 10.2 Å². The predicted molar refractivity (Wildman–Crippen MR) is 63.6 cm³/mol. The molecule has 1 amide bonds. The molecule has 1 aromatic rings. The van der Waals surface area contributed by atoms with Crippen molar-refractivity contribution in [1.29, 1.82) is 0 Å². The molecule has 1 atom stereocenters. The van der Waals surface area contributed by atoms with Gasteiger partial charge in [0.15, 0.2) is 0 Å². The molecule has 1 aromatic carbocycles. The first-order chi connectivity index (χ1) is 8.20. The number of carbonyl (C=O) groups is 1. The Kier molecular flexibility index (Phi) is 3.64. The Balaban J connectivity index is 1.99. The van der Waals surface area contributed by atoms with Crippen LogP contribution in [0.25, 0.3) is 0 Å². The molecule has 0 spiro atoms. The predicted octanol–water partition coefficient (Wildman–Crippen LogP) is 0.918. The van der Waals surface area contributed by atoms with E-state index in [1.165, 1.54) is 0 Å². The summed E-state index contributed by atoms with van der Waals surface area (Å²) in [4.78, 5) is 13.8. The van der Waals surface area contributed by atoms with E-state index in [2.05, 4.69) is 0 Å². The van der Waals surface area contributed by atoms with Crippen molar-refractivity contribution in [2.45, 2.75) is 25.3 Å². The van der Waals surface area contributed by atoms with Crippen LogP contribution in [0.15, 0.2) is 24.3 Å². The van der Waals surface area contributed by atoms with Crippen molar-refractivity contribution < 1.29 is 15.0 Å². The van der Waals surface area contributed by atoms with Gasteiger partial charge in [-0.3, -0.25) is 4.79 Å². The van der Waals surface area contributed by atoms with E-state index in [1.807, 2.05) is 0 Å². The van der Waals surface area contributed by atoms with Crippen molar-refractivity contribution in [3.63, 3.8) is 0 Å². The van der Waals surface area contributed by atoms with Crippen molar-refractivity contribution in [3.05, 3.63) is 29.8 Å². The molecule has 0 aromatic heterocycles. The number of amides is 1. The largest absolute Gasteiger partial charge is 0.508 e. The normalized spacial score (nSPS) is 19.6. The minimum atomic E-state index is -0.0142. The summed E-state index contributed by atoms with van der Waals surface area (Å²) in [6.07, 6.45) is 2.18. The number of hydrogen-bond acceptors (Lipinski definition) is 3. The smallest absolute Gasteiger partial charge is 0.227 e. The highest BCUT2D eigenvalue weighted by atomic mass is 16.3. The summed E-state index contributed by atoms with van der Waals surface area (Å²) in [5, 5.41) is 18.3. The van der Waals surface area contributed by atoms with Gasteiger partial charge in [-0.25, -0.2) is 0 Å². The van der Waals surface area contributed by atoms with E-state index in [0.29, 0.717) is 6.42 Å². The molecule has 1 saturated heterocycles. The number of aromatic hydroxyl groups is 1. The number of phenols is 1. The lowest BCUT2D eigenvalue weighted by atomic mass is 10.1. The molecule has 4 heteroatoms. The molecule has 0 radical (unpaired) electrons. The third-order valence-electron chi connectivity index (χ3n) is 3.20. The molecule has 92 valence electrons. The zero-order valence-corrected chi connectivity index (χ0v) is 9.67. The van der Waals surface area contributed by atoms with Crippen LogP contribution in [0, 0.1) is 0 Å². The van der Waals surface area contributed by atoms with Gasteiger partial charge in [0.25, 0.3) is 0 Å². The molecule has 1 aliphatic rings. The van der Waals surface area contributed by atoms with Crippen molar-refractivity contribution in [2.24, 2.45) is 0 Å². The molecule has 0 aliphatic carbocycles. The number of nitrogens with zero attached hydrogens (tertiary/aromatic N) is 1. The van der Waals surface area contributed by atoms with Gasteiger partial charge in [0.2, 0.25) is 5.91 Å². The van der Waals surface area contributed by atoms with E-state index in [-0.39, 0.29) is 24.3 Å². The summed E-state index contributed by atoms with van der Waals surface area (Å²) in [5.41, 5.74) is 0.886. The van der Waals surface area contributed by atoms with Gasteiger partial charge in [-0.15, -0.1) is 0 Å². The van der Waals surface area contributed by atoms with Crippen molar-refractivity contribution >= 4 is 5.91 Å². The van der Waals surface area contributed by atoms with Crippen LogP contribution in [0.2, 0.25) is 0 Å². The highest BCUT2D eigenvalue weighted by Crippen LogP contribution is 2.18. The second-order valence-corrected chi connectivity index (χ2v) is 4.41. The molecule has 1 fully saturated rings. The van der Waals surface area contributed by atoms with Crippen LogP contribution >= 0.6 is 0 Å². The molecule has 0 saturated carbocycles. The van der Waals surface area contributed by atoms with E-state index in [0.717, 1.165) is 24.9 Å². The maximum atomic E-state index is 12.0. The quantitative estimate of drug-likeness (QED) is 0.819. The Morgan fingerprint density at radius 3 is 2.71 bits per heavy atom. The first kappa shape index (κ1) is 11.9. The number of phenolic OH excluding ortho intramolecular Hbond substituents is 1. The number of hydrogen-bond donors (Lipinski definition) is 2. The molecule has 2 N–H and O–H groups in total. The lowest BCUT2D eigenvalue weighted by Crippen LogP contribution is -2.38. The molecular formula is C13H17NO3. The van der Waals surface area contributed by atoms with Crippen molar-refractivity contribution in [2.75, 3.05) is 13.2 Å². The van der Waals surface area contributed by atoms with Crippen molar-refractivity contribution in [3.8, 4) is 5.75 Å². The number of benzene rings is 1. The van der Waals surface area contributed by atoms with Crippen LogP contribution in [0.5, 0.6) is 5.75 Å². The van der Waals surface area contributed by atoms with Crippen LogP contribution in [-0.4, -0.2) is 40.2 Å². The Morgan fingerprint density at radius 1 is 1.35 bits per heavy atom. The second kappa shape index (κ2) is 5.19. The zero-order chi connectivity index (χ0) is 12.3. The topological polar surface area (TPSA) is 60.8 Å². The summed E-state index contributed by atoms with van der Waals surface area (Å²) >= 11 is 0. The molecule has 0 bridgehead atoms. The van der Waals surface area contributed by atoms with Gasteiger partial charge in [-0.2, -0.15) is 0 Å². The maximum Gasteiger partial charge on any atom is 0.227 e. The molecule has 2 rings (SSSR count). The second-order valence-electron chi connectivity index (χ2n) is 4.41. The minimum Gasteiger partial charge on any atom is -0.508 e. The number of aliphatic hydroxyl groups excluding tert-OH is 1.